The SMILES string of the molecule is C.O=[N+]([O-])c1cn(S(=O)(=O)c2ccc(Br)cc2)cn1. The topological polar surface area (TPSA) is 95.1 Å². The summed E-state index contributed by atoms with van der Waals surface area (Å²) in [5.41, 5.74) is 0. The van der Waals surface area contributed by atoms with E-state index in [1.54, 1.807) is 12.1 Å². The number of halogens is 1. The molecule has 2 aromatic rings. The standard InChI is InChI=1S/C9H6BrN3O4S.CH4/c10-7-1-3-8(4-2-7)18(16,17)12-5-9(11-6-12)13(14)15;/h1-6H;1H4. The van der Waals surface area contributed by atoms with Crippen LogP contribution in [0.2, 0.25) is 0 Å². The van der Waals surface area contributed by atoms with Gasteiger partial charge in [-0.1, -0.05) is 23.4 Å². The van der Waals surface area contributed by atoms with Crippen molar-refractivity contribution >= 4 is 31.8 Å². The zero-order chi connectivity index (χ0) is 13.3. The molecule has 0 aliphatic rings. The summed E-state index contributed by atoms with van der Waals surface area (Å²) in [6.45, 7) is 0. The lowest BCUT2D eigenvalue weighted by molar-refractivity contribution is -0.389. The Labute approximate surface area is 118 Å². The lowest BCUT2D eigenvalue weighted by atomic mass is 10.4. The Bertz CT molecular complexity index is 694. The molecule has 1 aromatic carbocycles. The molecule has 0 fully saturated rings. The van der Waals surface area contributed by atoms with E-state index in [2.05, 4.69) is 20.9 Å². The molecule has 9 heteroatoms. The van der Waals surface area contributed by atoms with Crippen LogP contribution >= 0.6 is 15.9 Å². The van der Waals surface area contributed by atoms with Gasteiger partial charge in [-0.2, -0.15) is 0 Å². The Morgan fingerprint density at radius 1 is 1.26 bits per heavy atom. The molecule has 1 aromatic heterocycles. The van der Waals surface area contributed by atoms with Crippen molar-refractivity contribution in [2.45, 2.75) is 12.3 Å². The molecule has 7 nitrogen and oxygen atoms in total. The lowest BCUT2D eigenvalue weighted by Crippen LogP contribution is -2.10. The molecule has 0 aliphatic heterocycles. The van der Waals surface area contributed by atoms with E-state index in [0.717, 1.165) is 17.0 Å². The summed E-state index contributed by atoms with van der Waals surface area (Å²) in [7, 11) is -3.84. The Hall–Kier alpha value is -1.74. The van der Waals surface area contributed by atoms with Crippen molar-refractivity contribution in [2.75, 3.05) is 0 Å². The highest BCUT2D eigenvalue weighted by molar-refractivity contribution is 9.10. The summed E-state index contributed by atoms with van der Waals surface area (Å²) < 4.78 is 25.6. The van der Waals surface area contributed by atoms with E-state index in [1.165, 1.54) is 12.1 Å². The first-order chi connectivity index (χ1) is 8.41. The van der Waals surface area contributed by atoms with E-state index in [0.29, 0.717) is 3.97 Å². The van der Waals surface area contributed by atoms with Crippen LogP contribution in [-0.4, -0.2) is 22.3 Å². The van der Waals surface area contributed by atoms with E-state index in [9.17, 15) is 18.5 Å². The van der Waals surface area contributed by atoms with Crippen molar-refractivity contribution in [3.63, 3.8) is 0 Å². The minimum atomic E-state index is -3.84. The van der Waals surface area contributed by atoms with Gasteiger partial charge in [0.25, 0.3) is 10.0 Å². The quantitative estimate of drug-likeness (QED) is 0.627. The normalized spacial score (nSPS) is 10.8. The van der Waals surface area contributed by atoms with Gasteiger partial charge in [-0.3, -0.25) is 0 Å². The van der Waals surface area contributed by atoms with Crippen LogP contribution in [0.3, 0.4) is 0 Å². The molecule has 102 valence electrons. The van der Waals surface area contributed by atoms with Crippen molar-refractivity contribution < 1.29 is 13.3 Å². The van der Waals surface area contributed by atoms with Crippen LogP contribution < -0.4 is 0 Å². The van der Waals surface area contributed by atoms with Gasteiger partial charge in [-0.15, -0.1) is 0 Å². The zero-order valence-corrected chi connectivity index (χ0v) is 11.1. The Morgan fingerprint density at radius 2 is 1.84 bits per heavy atom. The number of rotatable bonds is 3. The highest BCUT2D eigenvalue weighted by Crippen LogP contribution is 2.18. The fraction of sp³-hybridized carbons (Fsp3) is 0.100. The average Bonchev–Trinajstić information content (AvgIpc) is 2.79. The highest BCUT2D eigenvalue weighted by atomic mass is 79.9. The second-order valence-corrected chi connectivity index (χ2v) is 6.04. The molecule has 0 amide bonds. The summed E-state index contributed by atoms with van der Waals surface area (Å²) in [4.78, 5) is 13.1. The molecule has 0 spiro atoms. The maximum absolute atomic E-state index is 12.1. The van der Waals surface area contributed by atoms with Gasteiger partial charge in [-0.25, -0.2) is 12.4 Å². The molecule has 0 unspecified atom stereocenters. The van der Waals surface area contributed by atoms with Crippen LogP contribution in [0, 0.1) is 10.1 Å². The molecular weight excluding hydrogens is 338 g/mol. The summed E-state index contributed by atoms with van der Waals surface area (Å²) in [6, 6.07) is 5.92. The predicted octanol–water partition coefficient (Wildman–Crippen LogP) is 2.43. The minimum Gasteiger partial charge on any atom is -0.358 e. The van der Waals surface area contributed by atoms with Crippen molar-refractivity contribution in [3.8, 4) is 0 Å². The number of imidazole rings is 1. The molecule has 0 atom stereocenters. The number of nitrogens with zero attached hydrogens (tertiary/aromatic N) is 3. The maximum Gasteiger partial charge on any atom is 0.382 e. The monoisotopic (exact) mass is 347 g/mol. The van der Waals surface area contributed by atoms with Gasteiger partial charge < -0.3 is 10.1 Å². The molecule has 0 N–H and O–H groups in total. The Morgan fingerprint density at radius 3 is 2.32 bits per heavy atom. The first-order valence-corrected chi connectivity index (χ1v) is 6.84. The van der Waals surface area contributed by atoms with Gasteiger partial charge >= 0.3 is 5.82 Å². The van der Waals surface area contributed by atoms with E-state index < -0.39 is 20.8 Å². The Kier molecular flexibility index (Phi) is 4.43. The van der Waals surface area contributed by atoms with Crippen molar-refractivity contribution in [3.05, 3.63) is 51.4 Å². The Balaban J connectivity index is 0.00000180. The largest absolute Gasteiger partial charge is 0.382 e. The van der Waals surface area contributed by atoms with Crippen LogP contribution in [0.25, 0.3) is 0 Å². The van der Waals surface area contributed by atoms with Gasteiger partial charge in [0.15, 0.2) is 0 Å². The van der Waals surface area contributed by atoms with Crippen LogP contribution in [0.15, 0.2) is 46.2 Å². The van der Waals surface area contributed by atoms with E-state index in [-0.39, 0.29) is 12.3 Å². The van der Waals surface area contributed by atoms with Gasteiger partial charge in [0.1, 0.15) is 6.20 Å². The van der Waals surface area contributed by atoms with E-state index >= 15 is 0 Å². The zero-order valence-electron chi connectivity index (χ0n) is 8.72. The third kappa shape index (κ3) is 2.99. The number of hydrogen-bond acceptors (Lipinski definition) is 5. The van der Waals surface area contributed by atoms with Gasteiger partial charge in [0, 0.05) is 4.47 Å². The predicted molar refractivity (Wildman–Crippen MR) is 72.3 cm³/mol. The third-order valence-corrected chi connectivity index (χ3v) is 4.27. The smallest absolute Gasteiger partial charge is 0.358 e. The second-order valence-electron chi connectivity index (χ2n) is 3.28. The summed E-state index contributed by atoms with van der Waals surface area (Å²) >= 11 is 3.19. The number of hydrogen-bond donors (Lipinski definition) is 0. The van der Waals surface area contributed by atoms with Gasteiger partial charge in [-0.05, 0) is 34.2 Å². The number of aromatic nitrogens is 2. The maximum atomic E-state index is 12.1. The molecule has 1 heterocycles. The van der Waals surface area contributed by atoms with Crippen molar-refractivity contribution in [1.29, 1.82) is 0 Å². The fourth-order valence-electron chi connectivity index (χ4n) is 1.25. The number of nitro groups is 1. The van der Waals surface area contributed by atoms with E-state index in [4.69, 9.17) is 0 Å². The first-order valence-electron chi connectivity index (χ1n) is 4.61. The molecular formula is C10H10BrN3O4S. The lowest BCUT2D eigenvalue weighted by Gasteiger charge is -2.03. The van der Waals surface area contributed by atoms with Crippen molar-refractivity contribution in [2.24, 2.45) is 0 Å². The molecule has 19 heavy (non-hydrogen) atoms. The average molecular weight is 348 g/mol. The molecule has 0 bridgehead atoms. The molecule has 2 rings (SSSR count). The van der Waals surface area contributed by atoms with Crippen LogP contribution in [0.4, 0.5) is 5.82 Å². The van der Waals surface area contributed by atoms with Crippen LogP contribution in [-0.2, 0) is 10.0 Å². The number of benzene rings is 1. The van der Waals surface area contributed by atoms with Gasteiger partial charge in [0.05, 0.1) is 4.90 Å². The van der Waals surface area contributed by atoms with E-state index in [1.807, 2.05) is 0 Å². The molecule has 0 saturated carbocycles. The fourth-order valence-corrected chi connectivity index (χ4v) is 2.64. The third-order valence-electron chi connectivity index (χ3n) is 2.12. The highest BCUT2D eigenvalue weighted by Gasteiger charge is 2.21. The minimum absolute atomic E-state index is 0. The summed E-state index contributed by atoms with van der Waals surface area (Å²) in [5, 5.41) is 10.5. The summed E-state index contributed by atoms with van der Waals surface area (Å²) in [5.74, 6) is -0.518. The molecule has 0 aliphatic carbocycles. The van der Waals surface area contributed by atoms with Gasteiger partial charge in [0.2, 0.25) is 6.33 Å². The van der Waals surface area contributed by atoms with Crippen LogP contribution in [0.5, 0.6) is 0 Å². The first kappa shape index (κ1) is 15.3. The second kappa shape index (κ2) is 5.49. The molecule has 0 saturated heterocycles. The van der Waals surface area contributed by atoms with Crippen LogP contribution in [0.1, 0.15) is 7.43 Å². The summed E-state index contributed by atoms with van der Waals surface area (Å²) in [6.07, 6.45) is 1.76. The van der Waals surface area contributed by atoms with Crippen molar-refractivity contribution in [1.82, 2.24) is 8.96 Å². The molecule has 0 radical (unpaired) electrons.